The number of nitrogens with one attached hydrogen (secondary N) is 2. The molecule has 1 aromatic carbocycles. The molecule has 110 valence electrons. The fraction of sp³-hybridized carbons (Fsp3) is 0.385. The van der Waals surface area contributed by atoms with Gasteiger partial charge < -0.3 is 21.1 Å². The van der Waals surface area contributed by atoms with Gasteiger partial charge in [-0.05, 0) is 18.2 Å². The van der Waals surface area contributed by atoms with Gasteiger partial charge in [-0.2, -0.15) is 0 Å². The molecule has 4 N–H and O–H groups in total. The number of rotatable bonds is 7. The Morgan fingerprint density at radius 3 is 2.70 bits per heavy atom. The number of carbonyl (C=O) groups is 2. The van der Waals surface area contributed by atoms with Crippen LogP contribution in [0.2, 0.25) is 0 Å². The number of nitrogen functional groups attached to an aromatic ring is 1. The van der Waals surface area contributed by atoms with Gasteiger partial charge in [-0.1, -0.05) is 0 Å². The highest BCUT2D eigenvalue weighted by molar-refractivity contribution is 5.95. The third kappa shape index (κ3) is 5.23. The van der Waals surface area contributed by atoms with Gasteiger partial charge in [-0.15, -0.1) is 0 Å². The molecule has 20 heavy (non-hydrogen) atoms. The van der Waals surface area contributed by atoms with Crippen molar-refractivity contribution in [1.29, 1.82) is 0 Å². The number of methoxy groups -OCH3 is 1. The van der Waals surface area contributed by atoms with Gasteiger partial charge in [0.1, 0.15) is 5.82 Å². The van der Waals surface area contributed by atoms with Crippen molar-refractivity contribution in [3.63, 3.8) is 0 Å². The van der Waals surface area contributed by atoms with Crippen LogP contribution in [0.5, 0.6) is 0 Å². The smallest absolute Gasteiger partial charge is 0.254 e. The van der Waals surface area contributed by atoms with E-state index in [1.165, 1.54) is 19.2 Å². The van der Waals surface area contributed by atoms with E-state index < -0.39 is 11.7 Å². The lowest BCUT2D eigenvalue weighted by Gasteiger charge is -2.07. The third-order valence-corrected chi connectivity index (χ3v) is 2.50. The monoisotopic (exact) mass is 283 g/mol. The molecule has 0 spiro atoms. The molecule has 0 fully saturated rings. The van der Waals surface area contributed by atoms with Crippen LogP contribution >= 0.6 is 0 Å². The molecule has 0 saturated heterocycles. The van der Waals surface area contributed by atoms with Crippen molar-refractivity contribution in [3.05, 3.63) is 29.6 Å². The van der Waals surface area contributed by atoms with Crippen molar-refractivity contribution in [3.8, 4) is 0 Å². The summed E-state index contributed by atoms with van der Waals surface area (Å²) in [5, 5.41) is 5.08. The summed E-state index contributed by atoms with van der Waals surface area (Å²) in [5.74, 6) is -1.47. The average molecular weight is 283 g/mol. The summed E-state index contributed by atoms with van der Waals surface area (Å²) in [6.45, 7) is 0.964. The predicted octanol–water partition coefficient (Wildman–Crippen LogP) is 0.290. The Morgan fingerprint density at radius 1 is 1.30 bits per heavy atom. The first-order chi connectivity index (χ1) is 9.54. The van der Waals surface area contributed by atoms with Crippen LogP contribution in [-0.2, 0) is 9.53 Å². The highest BCUT2D eigenvalue weighted by Gasteiger charge is 2.11. The minimum Gasteiger partial charge on any atom is -0.399 e. The van der Waals surface area contributed by atoms with Crippen LogP contribution in [0.3, 0.4) is 0 Å². The zero-order chi connectivity index (χ0) is 15.0. The summed E-state index contributed by atoms with van der Waals surface area (Å²) in [6, 6.07) is 3.82. The normalized spacial score (nSPS) is 10.1. The number of nitrogens with two attached hydrogens (primary N) is 1. The Balaban J connectivity index is 2.34. The molecule has 0 saturated carbocycles. The summed E-state index contributed by atoms with van der Waals surface area (Å²) in [4.78, 5) is 23.0. The molecule has 7 heteroatoms. The van der Waals surface area contributed by atoms with E-state index >= 15 is 0 Å². The molecular weight excluding hydrogens is 265 g/mol. The molecule has 0 aliphatic heterocycles. The molecule has 1 aromatic rings. The Bertz CT molecular complexity index is 480. The van der Waals surface area contributed by atoms with Gasteiger partial charge in [0.25, 0.3) is 5.91 Å². The quantitative estimate of drug-likeness (QED) is 0.495. The summed E-state index contributed by atoms with van der Waals surface area (Å²) >= 11 is 0. The second kappa shape index (κ2) is 8.11. The Labute approximate surface area is 116 Å². The standard InChI is InChI=1S/C13H18FN3O3/c1-20-7-6-16-12(18)4-5-17-13(19)10-3-2-9(15)8-11(10)14/h2-3,8H,4-7,15H2,1H3,(H,16,18)(H,17,19). The summed E-state index contributed by atoms with van der Waals surface area (Å²) in [6.07, 6.45) is 0.117. The molecule has 0 unspecified atom stereocenters. The van der Waals surface area contributed by atoms with Crippen molar-refractivity contribution in [2.75, 3.05) is 32.5 Å². The molecule has 2 amide bonds. The van der Waals surface area contributed by atoms with Gasteiger partial charge in [0.2, 0.25) is 5.91 Å². The number of carbonyl (C=O) groups excluding carboxylic acids is 2. The Morgan fingerprint density at radius 2 is 2.05 bits per heavy atom. The van der Waals surface area contributed by atoms with Crippen molar-refractivity contribution in [2.24, 2.45) is 0 Å². The van der Waals surface area contributed by atoms with E-state index in [1.807, 2.05) is 0 Å². The molecule has 0 aromatic heterocycles. The Kier molecular flexibility index (Phi) is 6.45. The lowest BCUT2D eigenvalue weighted by atomic mass is 10.2. The molecule has 1 rings (SSSR count). The van der Waals surface area contributed by atoms with Gasteiger partial charge in [-0.3, -0.25) is 9.59 Å². The first kappa shape index (κ1) is 15.9. The van der Waals surface area contributed by atoms with Gasteiger partial charge in [0, 0.05) is 32.3 Å². The minimum absolute atomic E-state index is 0.0982. The van der Waals surface area contributed by atoms with Crippen LogP contribution in [0.15, 0.2) is 18.2 Å². The summed E-state index contributed by atoms with van der Waals surface area (Å²) in [5.41, 5.74) is 5.54. The van der Waals surface area contributed by atoms with E-state index in [-0.39, 0.29) is 30.1 Å². The molecule has 0 radical (unpaired) electrons. The number of hydrogen-bond acceptors (Lipinski definition) is 4. The first-order valence-corrected chi connectivity index (χ1v) is 6.13. The molecule has 0 heterocycles. The van der Waals surface area contributed by atoms with E-state index in [0.717, 1.165) is 6.07 Å². The molecule has 0 aliphatic rings. The van der Waals surface area contributed by atoms with Crippen LogP contribution < -0.4 is 16.4 Å². The lowest BCUT2D eigenvalue weighted by molar-refractivity contribution is -0.121. The van der Waals surface area contributed by atoms with Crippen LogP contribution in [0.25, 0.3) is 0 Å². The zero-order valence-corrected chi connectivity index (χ0v) is 11.2. The van der Waals surface area contributed by atoms with Crippen molar-refractivity contribution in [2.45, 2.75) is 6.42 Å². The maximum absolute atomic E-state index is 13.5. The second-order valence-electron chi connectivity index (χ2n) is 4.09. The Hall–Kier alpha value is -2.15. The average Bonchev–Trinajstić information content (AvgIpc) is 2.38. The number of ether oxygens (including phenoxy) is 1. The van der Waals surface area contributed by atoms with Crippen molar-refractivity contribution in [1.82, 2.24) is 10.6 Å². The fourth-order valence-electron chi connectivity index (χ4n) is 1.48. The largest absolute Gasteiger partial charge is 0.399 e. The van der Waals surface area contributed by atoms with Crippen LogP contribution in [-0.4, -0.2) is 38.6 Å². The highest BCUT2D eigenvalue weighted by Crippen LogP contribution is 2.11. The zero-order valence-electron chi connectivity index (χ0n) is 11.2. The summed E-state index contributed by atoms with van der Waals surface area (Å²) < 4.78 is 18.2. The topological polar surface area (TPSA) is 93.5 Å². The van der Waals surface area contributed by atoms with Crippen LogP contribution in [0.1, 0.15) is 16.8 Å². The van der Waals surface area contributed by atoms with Crippen molar-refractivity contribution < 1.29 is 18.7 Å². The van der Waals surface area contributed by atoms with Gasteiger partial charge in [-0.25, -0.2) is 4.39 Å². The van der Waals surface area contributed by atoms with E-state index in [2.05, 4.69) is 10.6 Å². The number of benzene rings is 1. The number of anilines is 1. The lowest BCUT2D eigenvalue weighted by Crippen LogP contribution is -2.32. The SMILES string of the molecule is COCCNC(=O)CCNC(=O)c1ccc(N)cc1F. The molecule has 0 atom stereocenters. The maximum atomic E-state index is 13.5. The minimum atomic E-state index is -0.688. The first-order valence-electron chi connectivity index (χ1n) is 6.13. The fourth-order valence-corrected chi connectivity index (χ4v) is 1.48. The molecular formula is C13H18FN3O3. The van der Waals surface area contributed by atoms with Gasteiger partial charge in [0.05, 0.1) is 12.2 Å². The molecule has 0 bridgehead atoms. The van der Waals surface area contributed by atoms with E-state index in [9.17, 15) is 14.0 Å². The number of halogens is 1. The number of amides is 2. The molecule has 6 nitrogen and oxygen atoms in total. The van der Waals surface area contributed by atoms with Gasteiger partial charge >= 0.3 is 0 Å². The predicted molar refractivity (Wildman–Crippen MR) is 72.6 cm³/mol. The van der Waals surface area contributed by atoms with Crippen molar-refractivity contribution >= 4 is 17.5 Å². The van der Waals surface area contributed by atoms with E-state index in [4.69, 9.17) is 10.5 Å². The van der Waals surface area contributed by atoms with Crippen LogP contribution in [0.4, 0.5) is 10.1 Å². The van der Waals surface area contributed by atoms with Crippen LogP contribution in [0, 0.1) is 5.82 Å². The highest BCUT2D eigenvalue weighted by atomic mass is 19.1. The van der Waals surface area contributed by atoms with Gasteiger partial charge in [0.15, 0.2) is 0 Å². The summed E-state index contributed by atoms with van der Waals surface area (Å²) in [7, 11) is 1.54. The third-order valence-electron chi connectivity index (χ3n) is 2.50. The van der Waals surface area contributed by atoms with E-state index in [1.54, 1.807) is 0 Å². The van der Waals surface area contributed by atoms with E-state index in [0.29, 0.717) is 13.2 Å². The second-order valence-corrected chi connectivity index (χ2v) is 4.09. The maximum Gasteiger partial charge on any atom is 0.254 e. The number of hydrogen-bond donors (Lipinski definition) is 3. The molecule has 0 aliphatic carbocycles.